The maximum absolute atomic E-state index is 12.5. The Hall–Kier alpha value is -1.92. The Balaban J connectivity index is 0.00000208. The maximum Gasteiger partial charge on any atom is 0.262 e. The van der Waals surface area contributed by atoms with E-state index < -0.39 is 0 Å². The molecule has 0 radical (unpaired) electrons. The standard InChI is InChI=1S/C17H21N3O3.ClH/c1-11(18)12-5-4-8-19(9-12)15(21)10-20-16(22)13-6-2-3-7-14(13)17(20)23;/h2-3,6-7,11-12H,4-5,8-10,18H2,1H3;1H. The summed E-state index contributed by atoms with van der Waals surface area (Å²) in [7, 11) is 0. The zero-order chi connectivity index (χ0) is 16.6. The lowest BCUT2D eigenvalue weighted by atomic mass is 9.92. The molecule has 0 spiro atoms. The summed E-state index contributed by atoms with van der Waals surface area (Å²) in [5, 5.41) is 0. The van der Waals surface area contributed by atoms with Crippen LogP contribution in [0.3, 0.4) is 0 Å². The van der Waals surface area contributed by atoms with E-state index in [4.69, 9.17) is 5.73 Å². The monoisotopic (exact) mass is 351 g/mol. The number of rotatable bonds is 3. The predicted molar refractivity (Wildman–Crippen MR) is 92.0 cm³/mol. The summed E-state index contributed by atoms with van der Waals surface area (Å²) < 4.78 is 0. The number of benzene rings is 1. The lowest BCUT2D eigenvalue weighted by molar-refractivity contribution is -0.133. The lowest BCUT2D eigenvalue weighted by Crippen LogP contribution is -2.49. The van der Waals surface area contributed by atoms with Gasteiger partial charge in [0.15, 0.2) is 0 Å². The van der Waals surface area contributed by atoms with E-state index in [1.807, 2.05) is 6.92 Å². The number of nitrogens with two attached hydrogens (primary N) is 1. The van der Waals surface area contributed by atoms with Crippen LogP contribution in [0.25, 0.3) is 0 Å². The largest absolute Gasteiger partial charge is 0.341 e. The third kappa shape index (κ3) is 3.30. The Morgan fingerprint density at radius 3 is 2.38 bits per heavy atom. The molecule has 130 valence electrons. The van der Waals surface area contributed by atoms with Crippen molar-refractivity contribution in [2.75, 3.05) is 19.6 Å². The highest BCUT2D eigenvalue weighted by molar-refractivity contribution is 6.22. The average Bonchev–Trinajstić information content (AvgIpc) is 2.80. The van der Waals surface area contributed by atoms with Gasteiger partial charge in [0.1, 0.15) is 6.54 Å². The molecule has 1 aromatic rings. The molecule has 2 aliphatic heterocycles. The minimum absolute atomic E-state index is 0. The van der Waals surface area contributed by atoms with Crippen LogP contribution in [0.4, 0.5) is 0 Å². The van der Waals surface area contributed by atoms with Gasteiger partial charge in [-0.3, -0.25) is 19.3 Å². The molecule has 0 aromatic heterocycles. The van der Waals surface area contributed by atoms with E-state index in [1.54, 1.807) is 29.2 Å². The van der Waals surface area contributed by atoms with Crippen molar-refractivity contribution in [3.05, 3.63) is 35.4 Å². The molecular formula is C17H22ClN3O3. The number of imide groups is 1. The first kappa shape index (κ1) is 18.4. The van der Waals surface area contributed by atoms with E-state index >= 15 is 0 Å². The van der Waals surface area contributed by atoms with E-state index in [0.717, 1.165) is 17.7 Å². The van der Waals surface area contributed by atoms with Crippen molar-refractivity contribution in [1.29, 1.82) is 0 Å². The molecule has 0 saturated carbocycles. The van der Waals surface area contributed by atoms with Gasteiger partial charge in [-0.2, -0.15) is 0 Å². The molecule has 7 heteroatoms. The Kier molecular flexibility index (Phi) is 5.62. The van der Waals surface area contributed by atoms with E-state index in [2.05, 4.69) is 0 Å². The highest BCUT2D eigenvalue weighted by Gasteiger charge is 2.37. The van der Waals surface area contributed by atoms with Crippen LogP contribution < -0.4 is 5.73 Å². The van der Waals surface area contributed by atoms with E-state index in [1.165, 1.54) is 0 Å². The molecule has 3 rings (SSSR count). The van der Waals surface area contributed by atoms with Gasteiger partial charge < -0.3 is 10.6 Å². The van der Waals surface area contributed by atoms with Crippen LogP contribution in [-0.4, -0.2) is 53.2 Å². The summed E-state index contributed by atoms with van der Waals surface area (Å²) in [6.07, 6.45) is 1.91. The van der Waals surface area contributed by atoms with Crippen LogP contribution in [0.15, 0.2) is 24.3 Å². The van der Waals surface area contributed by atoms with Crippen LogP contribution in [0.2, 0.25) is 0 Å². The molecular weight excluding hydrogens is 330 g/mol. The zero-order valence-electron chi connectivity index (χ0n) is 13.6. The Labute approximate surface area is 147 Å². The number of halogens is 1. The fraction of sp³-hybridized carbons (Fsp3) is 0.471. The van der Waals surface area contributed by atoms with Gasteiger partial charge in [0.05, 0.1) is 11.1 Å². The molecule has 24 heavy (non-hydrogen) atoms. The second-order valence-corrected chi connectivity index (χ2v) is 6.34. The van der Waals surface area contributed by atoms with Crippen molar-refractivity contribution >= 4 is 30.1 Å². The molecule has 6 nitrogen and oxygen atoms in total. The second kappa shape index (κ2) is 7.32. The van der Waals surface area contributed by atoms with Gasteiger partial charge in [-0.15, -0.1) is 12.4 Å². The number of piperidine rings is 1. The van der Waals surface area contributed by atoms with E-state index in [9.17, 15) is 14.4 Å². The molecule has 0 bridgehead atoms. The lowest BCUT2D eigenvalue weighted by Gasteiger charge is -2.35. The quantitative estimate of drug-likeness (QED) is 0.832. The Morgan fingerprint density at radius 1 is 1.25 bits per heavy atom. The van der Waals surface area contributed by atoms with Crippen molar-refractivity contribution in [2.24, 2.45) is 11.7 Å². The van der Waals surface area contributed by atoms with Crippen molar-refractivity contribution in [2.45, 2.75) is 25.8 Å². The van der Waals surface area contributed by atoms with Gasteiger partial charge >= 0.3 is 0 Å². The fourth-order valence-electron chi connectivity index (χ4n) is 3.28. The summed E-state index contributed by atoms with van der Waals surface area (Å²) in [4.78, 5) is 39.9. The highest BCUT2D eigenvalue weighted by atomic mass is 35.5. The minimum Gasteiger partial charge on any atom is -0.341 e. The number of amides is 3. The average molecular weight is 352 g/mol. The fourth-order valence-corrected chi connectivity index (χ4v) is 3.28. The van der Waals surface area contributed by atoms with Crippen LogP contribution in [0.5, 0.6) is 0 Å². The van der Waals surface area contributed by atoms with E-state index in [-0.39, 0.29) is 48.6 Å². The van der Waals surface area contributed by atoms with Crippen molar-refractivity contribution < 1.29 is 14.4 Å². The maximum atomic E-state index is 12.5. The number of carbonyl (C=O) groups excluding carboxylic acids is 3. The predicted octanol–water partition coefficient (Wildman–Crippen LogP) is 1.29. The topological polar surface area (TPSA) is 83.7 Å². The van der Waals surface area contributed by atoms with Crippen LogP contribution in [0.1, 0.15) is 40.5 Å². The SMILES string of the molecule is CC(N)C1CCCN(C(=O)CN2C(=O)c3ccccc3C2=O)C1.Cl. The summed E-state index contributed by atoms with van der Waals surface area (Å²) in [5.74, 6) is -0.695. The van der Waals surface area contributed by atoms with Crippen LogP contribution in [-0.2, 0) is 4.79 Å². The van der Waals surface area contributed by atoms with Gasteiger partial charge in [-0.1, -0.05) is 12.1 Å². The summed E-state index contributed by atoms with van der Waals surface area (Å²) in [6.45, 7) is 3.01. The number of nitrogens with zero attached hydrogens (tertiary/aromatic N) is 2. The van der Waals surface area contributed by atoms with Gasteiger partial charge in [0.25, 0.3) is 11.8 Å². The molecule has 0 aliphatic carbocycles. The highest BCUT2D eigenvalue weighted by Crippen LogP contribution is 2.23. The molecule has 3 amide bonds. The molecule has 2 aliphatic rings. The third-order valence-electron chi connectivity index (χ3n) is 4.73. The molecule has 2 atom stereocenters. The molecule has 2 unspecified atom stereocenters. The van der Waals surface area contributed by atoms with Gasteiger partial charge in [-0.05, 0) is 37.8 Å². The minimum atomic E-state index is -0.389. The molecule has 2 N–H and O–H groups in total. The summed E-state index contributed by atoms with van der Waals surface area (Å²) in [5.41, 5.74) is 6.68. The summed E-state index contributed by atoms with van der Waals surface area (Å²) >= 11 is 0. The van der Waals surface area contributed by atoms with Crippen LogP contribution >= 0.6 is 12.4 Å². The summed E-state index contributed by atoms with van der Waals surface area (Å²) in [6, 6.07) is 6.70. The number of carbonyl (C=O) groups is 3. The van der Waals surface area contributed by atoms with E-state index in [0.29, 0.717) is 24.2 Å². The first-order valence-corrected chi connectivity index (χ1v) is 7.97. The Bertz CT molecular complexity index is 627. The van der Waals surface area contributed by atoms with Gasteiger partial charge in [-0.25, -0.2) is 0 Å². The third-order valence-corrected chi connectivity index (χ3v) is 4.73. The van der Waals surface area contributed by atoms with Crippen LogP contribution in [0, 0.1) is 5.92 Å². The molecule has 1 aromatic carbocycles. The smallest absolute Gasteiger partial charge is 0.262 e. The van der Waals surface area contributed by atoms with Crippen molar-refractivity contribution in [1.82, 2.24) is 9.80 Å². The normalized spacial score (nSPS) is 21.3. The number of hydrogen-bond acceptors (Lipinski definition) is 4. The second-order valence-electron chi connectivity index (χ2n) is 6.34. The van der Waals surface area contributed by atoms with Crippen molar-refractivity contribution in [3.8, 4) is 0 Å². The first-order chi connectivity index (χ1) is 11.0. The number of fused-ring (bicyclic) bond motifs is 1. The Morgan fingerprint density at radius 2 is 1.83 bits per heavy atom. The zero-order valence-corrected chi connectivity index (χ0v) is 14.4. The molecule has 1 saturated heterocycles. The number of likely N-dealkylation sites (tertiary alicyclic amines) is 1. The first-order valence-electron chi connectivity index (χ1n) is 7.97. The number of hydrogen-bond donors (Lipinski definition) is 1. The molecule has 1 fully saturated rings. The molecule has 2 heterocycles. The van der Waals surface area contributed by atoms with Gasteiger partial charge in [0, 0.05) is 19.1 Å². The van der Waals surface area contributed by atoms with Crippen molar-refractivity contribution in [3.63, 3.8) is 0 Å². The van der Waals surface area contributed by atoms with Gasteiger partial charge in [0.2, 0.25) is 5.91 Å².